The zero-order chi connectivity index (χ0) is 26.8. The van der Waals surface area contributed by atoms with Crippen molar-refractivity contribution in [2.45, 2.75) is 25.2 Å². The molecule has 1 atom stereocenters. The summed E-state index contributed by atoms with van der Waals surface area (Å²) >= 11 is 0. The molecule has 2 aromatic heterocycles. The average Bonchev–Trinajstić information content (AvgIpc) is 3.30. The van der Waals surface area contributed by atoms with Gasteiger partial charge in [-0.05, 0) is 29.7 Å². The number of nitrogens with zero attached hydrogens (tertiary/aromatic N) is 3. The topological polar surface area (TPSA) is 135 Å². The van der Waals surface area contributed by atoms with Crippen molar-refractivity contribution >= 4 is 17.8 Å². The maximum atomic E-state index is 12.2. The second kappa shape index (κ2) is 12.6. The number of carboxylic acids is 1. The Labute approximate surface area is 209 Å². The molecule has 0 saturated carbocycles. The number of benzene rings is 1. The normalized spacial score (nSPS) is 14.5. The van der Waals surface area contributed by atoms with Gasteiger partial charge in [0.1, 0.15) is 6.10 Å². The van der Waals surface area contributed by atoms with E-state index in [1.165, 1.54) is 11.8 Å². The Bertz CT molecular complexity index is 1200. The molecule has 0 saturated heterocycles. The van der Waals surface area contributed by atoms with Crippen molar-refractivity contribution in [2.24, 2.45) is 0 Å². The van der Waals surface area contributed by atoms with Crippen LogP contribution in [0.2, 0.25) is 0 Å². The highest BCUT2D eigenvalue weighted by atomic mass is 19.4. The molecule has 1 aromatic carbocycles. The minimum atomic E-state index is -5.08. The molecule has 3 heterocycles. The largest absolute Gasteiger partial charge is 0.490 e. The van der Waals surface area contributed by atoms with E-state index < -0.39 is 12.1 Å². The third-order valence-electron chi connectivity index (χ3n) is 5.11. The fourth-order valence-corrected chi connectivity index (χ4v) is 3.37. The van der Waals surface area contributed by atoms with Crippen LogP contribution in [-0.2, 0) is 27.3 Å². The molecule has 1 aliphatic rings. The molecule has 13 heteroatoms. The lowest BCUT2D eigenvalue weighted by molar-refractivity contribution is -0.192. The molecule has 196 valence electrons. The number of aliphatic carboxylic acids is 1. The third kappa shape index (κ3) is 8.42. The molecule has 2 amide bonds. The number of amides is 2. The smallest absolute Gasteiger partial charge is 0.475 e. The monoisotopic (exact) mass is 519 g/mol. The van der Waals surface area contributed by atoms with Gasteiger partial charge >= 0.3 is 12.1 Å². The Morgan fingerprint density at radius 3 is 2.49 bits per heavy atom. The molecule has 0 radical (unpaired) electrons. The molecule has 3 N–H and O–H groups in total. The number of ether oxygens (including phenoxy) is 1. The van der Waals surface area contributed by atoms with Crippen LogP contribution in [0, 0.1) is 0 Å². The minimum Gasteiger partial charge on any atom is -0.475 e. The Hall–Kier alpha value is -4.26. The molecule has 3 aromatic rings. The fraction of sp³-hybridized carbons (Fsp3) is 0.292. The first kappa shape index (κ1) is 27.3. The molecular weight excluding hydrogens is 495 g/mol. The maximum Gasteiger partial charge on any atom is 0.490 e. The van der Waals surface area contributed by atoms with Crippen molar-refractivity contribution in [3.8, 4) is 0 Å². The van der Waals surface area contributed by atoms with Crippen LogP contribution < -0.4 is 10.6 Å². The van der Waals surface area contributed by atoms with E-state index in [1.807, 2.05) is 29.1 Å². The highest BCUT2D eigenvalue weighted by molar-refractivity contribution is 5.96. The number of carbonyl (C=O) groups is 3. The fourth-order valence-electron chi connectivity index (χ4n) is 3.37. The van der Waals surface area contributed by atoms with E-state index in [-0.39, 0.29) is 24.5 Å². The number of hydrogen-bond donors (Lipinski definition) is 3. The van der Waals surface area contributed by atoms with Crippen LogP contribution in [0.25, 0.3) is 0 Å². The number of pyridine rings is 1. The molecule has 1 unspecified atom stereocenters. The highest BCUT2D eigenvalue weighted by Gasteiger charge is 2.38. The molecule has 37 heavy (non-hydrogen) atoms. The molecule has 0 aliphatic carbocycles. The number of alkyl halides is 3. The molecule has 4 rings (SSSR count). The van der Waals surface area contributed by atoms with Crippen LogP contribution in [-0.4, -0.2) is 63.5 Å². The van der Waals surface area contributed by atoms with E-state index in [2.05, 4.69) is 32.8 Å². The van der Waals surface area contributed by atoms with Crippen LogP contribution in [0.15, 0.2) is 61.1 Å². The van der Waals surface area contributed by atoms with Crippen molar-refractivity contribution in [2.75, 3.05) is 19.7 Å². The first-order valence-corrected chi connectivity index (χ1v) is 11.1. The molecule has 0 bridgehead atoms. The SMILES string of the molecule is O=C(CNC(=O)c1cccnc1)NCC1OCCc2cn(Cc3ccccc3)nc21.O=C(O)C(F)(F)F. The first-order valence-electron chi connectivity index (χ1n) is 11.1. The van der Waals surface area contributed by atoms with Crippen LogP contribution in [0.1, 0.15) is 33.3 Å². The summed E-state index contributed by atoms with van der Waals surface area (Å²) in [5.41, 5.74) is 3.58. The van der Waals surface area contributed by atoms with Crippen LogP contribution >= 0.6 is 0 Å². The summed E-state index contributed by atoms with van der Waals surface area (Å²) in [6.07, 6.45) is 0.506. The summed E-state index contributed by atoms with van der Waals surface area (Å²) in [6, 6.07) is 13.4. The van der Waals surface area contributed by atoms with Gasteiger partial charge in [0.15, 0.2) is 0 Å². The van der Waals surface area contributed by atoms with Crippen LogP contribution in [0.3, 0.4) is 0 Å². The van der Waals surface area contributed by atoms with Gasteiger partial charge in [-0.15, -0.1) is 0 Å². The van der Waals surface area contributed by atoms with Gasteiger partial charge in [0.25, 0.3) is 5.91 Å². The number of carbonyl (C=O) groups excluding carboxylic acids is 2. The number of nitrogens with one attached hydrogen (secondary N) is 2. The second-order valence-corrected chi connectivity index (χ2v) is 7.86. The summed E-state index contributed by atoms with van der Waals surface area (Å²) in [5.74, 6) is -3.38. The van der Waals surface area contributed by atoms with Gasteiger partial charge in [-0.2, -0.15) is 18.3 Å². The minimum absolute atomic E-state index is 0.115. The van der Waals surface area contributed by atoms with Crippen molar-refractivity contribution in [1.29, 1.82) is 0 Å². The van der Waals surface area contributed by atoms with Crippen molar-refractivity contribution < 1.29 is 37.4 Å². The Kier molecular flexibility index (Phi) is 9.33. The summed E-state index contributed by atoms with van der Waals surface area (Å²) in [5, 5.41) is 17.2. The van der Waals surface area contributed by atoms with Gasteiger partial charge in [-0.25, -0.2) is 4.79 Å². The van der Waals surface area contributed by atoms with Gasteiger partial charge in [-0.1, -0.05) is 30.3 Å². The van der Waals surface area contributed by atoms with E-state index in [0.717, 1.165) is 17.7 Å². The standard InChI is InChI=1S/C22H23N5O3.C2HF3O2/c28-20(13-25-22(29)17-7-4-9-23-11-17)24-12-19-21-18(8-10-30-19)15-27(26-21)14-16-5-2-1-3-6-16;3-2(4,5)1(6)7/h1-7,9,11,15,19H,8,10,12-14H2,(H,24,28)(H,25,29);(H,6,7). The number of fused-ring (bicyclic) bond motifs is 1. The Morgan fingerprint density at radius 2 is 1.84 bits per heavy atom. The average molecular weight is 519 g/mol. The summed E-state index contributed by atoms with van der Waals surface area (Å²) in [4.78, 5) is 36.9. The number of aromatic nitrogens is 3. The molecule has 0 fully saturated rings. The quantitative estimate of drug-likeness (QED) is 0.435. The number of carboxylic acid groups (broad SMARTS) is 1. The van der Waals surface area contributed by atoms with E-state index in [1.54, 1.807) is 18.3 Å². The lowest BCUT2D eigenvalue weighted by Gasteiger charge is -2.22. The Balaban J connectivity index is 0.000000479. The first-order chi connectivity index (χ1) is 17.6. The predicted molar refractivity (Wildman–Crippen MR) is 123 cm³/mol. The van der Waals surface area contributed by atoms with Crippen LogP contribution in [0.5, 0.6) is 0 Å². The summed E-state index contributed by atoms with van der Waals surface area (Å²) in [7, 11) is 0. The van der Waals surface area contributed by atoms with E-state index in [4.69, 9.17) is 14.6 Å². The van der Waals surface area contributed by atoms with Gasteiger partial charge in [-0.3, -0.25) is 19.3 Å². The van der Waals surface area contributed by atoms with E-state index >= 15 is 0 Å². The molecular formula is C24H24F3N5O5. The van der Waals surface area contributed by atoms with Gasteiger partial charge in [0.05, 0.1) is 31.0 Å². The zero-order valence-electron chi connectivity index (χ0n) is 19.4. The van der Waals surface area contributed by atoms with E-state index in [0.29, 0.717) is 25.3 Å². The summed E-state index contributed by atoms with van der Waals surface area (Å²) in [6.45, 7) is 1.46. The van der Waals surface area contributed by atoms with Crippen molar-refractivity contribution in [3.05, 3.63) is 83.4 Å². The highest BCUT2D eigenvalue weighted by Crippen LogP contribution is 2.25. The zero-order valence-corrected chi connectivity index (χ0v) is 19.4. The number of rotatable bonds is 7. The maximum absolute atomic E-state index is 12.2. The predicted octanol–water partition coefficient (Wildman–Crippen LogP) is 2.12. The number of halogens is 3. The lowest BCUT2D eigenvalue weighted by atomic mass is 10.1. The van der Waals surface area contributed by atoms with Gasteiger partial charge in [0.2, 0.25) is 5.91 Å². The van der Waals surface area contributed by atoms with Crippen LogP contribution in [0.4, 0.5) is 13.2 Å². The second-order valence-electron chi connectivity index (χ2n) is 7.86. The third-order valence-corrected chi connectivity index (χ3v) is 5.11. The molecule has 0 spiro atoms. The van der Waals surface area contributed by atoms with Gasteiger partial charge < -0.3 is 20.5 Å². The lowest BCUT2D eigenvalue weighted by Crippen LogP contribution is -2.39. The Morgan fingerprint density at radius 1 is 1.11 bits per heavy atom. The molecule has 10 nitrogen and oxygen atoms in total. The number of hydrogen-bond acceptors (Lipinski definition) is 6. The van der Waals surface area contributed by atoms with Crippen molar-refractivity contribution in [1.82, 2.24) is 25.4 Å². The van der Waals surface area contributed by atoms with Gasteiger partial charge in [0, 0.05) is 25.1 Å². The van der Waals surface area contributed by atoms with E-state index in [9.17, 15) is 22.8 Å². The molecule has 1 aliphatic heterocycles. The van der Waals surface area contributed by atoms with Crippen molar-refractivity contribution in [3.63, 3.8) is 0 Å². The summed E-state index contributed by atoms with van der Waals surface area (Å²) < 4.78 is 39.5.